The second kappa shape index (κ2) is 7.47. The summed E-state index contributed by atoms with van der Waals surface area (Å²) in [6.07, 6.45) is -0.294. The van der Waals surface area contributed by atoms with E-state index in [1.165, 1.54) is 0 Å². The average molecular weight is 279 g/mol. The number of hydrogen-bond donors (Lipinski definition) is 2. The summed E-state index contributed by atoms with van der Waals surface area (Å²) in [4.78, 5) is 4.66. The van der Waals surface area contributed by atoms with Crippen LogP contribution in [0.2, 0.25) is 0 Å². The summed E-state index contributed by atoms with van der Waals surface area (Å²) in [5, 5.41) is 12.8. The Bertz CT molecular complexity index is 406. The Balaban J connectivity index is 1.88. The van der Waals surface area contributed by atoms with Crippen LogP contribution >= 0.6 is 0 Å². The van der Waals surface area contributed by atoms with Gasteiger partial charge in [0.1, 0.15) is 5.75 Å². The number of benzene rings is 1. The lowest BCUT2D eigenvalue weighted by atomic mass is 10.2. The number of nitrogens with one attached hydrogen (secondary N) is 1. The van der Waals surface area contributed by atoms with Crippen LogP contribution in [0.4, 0.5) is 5.69 Å². The molecular weight excluding hydrogens is 254 g/mol. The number of β-amino-alcohol motifs (C(OH)–C–C–N with tert-alkyl or cyclic N) is 1. The number of aliphatic hydroxyl groups excluding tert-OH is 1. The van der Waals surface area contributed by atoms with Crippen LogP contribution in [0.3, 0.4) is 0 Å². The molecule has 0 amide bonds. The molecule has 5 nitrogen and oxygen atoms in total. The van der Waals surface area contributed by atoms with Crippen LogP contribution in [-0.4, -0.2) is 69.5 Å². The van der Waals surface area contributed by atoms with E-state index in [9.17, 15) is 5.11 Å². The molecule has 112 valence electrons. The van der Waals surface area contributed by atoms with Gasteiger partial charge in [-0.2, -0.15) is 0 Å². The van der Waals surface area contributed by atoms with Gasteiger partial charge >= 0.3 is 0 Å². The lowest BCUT2D eigenvalue weighted by Gasteiger charge is -2.37. The van der Waals surface area contributed by atoms with Crippen LogP contribution in [0.5, 0.6) is 5.75 Å². The Labute approximate surface area is 121 Å². The maximum absolute atomic E-state index is 9.83. The number of aliphatic hydroxyl groups is 1. The van der Waals surface area contributed by atoms with Gasteiger partial charge < -0.3 is 20.1 Å². The molecule has 1 atom stereocenters. The maximum Gasteiger partial charge on any atom is 0.142 e. The van der Waals surface area contributed by atoms with Crippen LogP contribution < -0.4 is 15.0 Å². The summed E-state index contributed by atoms with van der Waals surface area (Å²) < 4.78 is 5.42. The van der Waals surface area contributed by atoms with E-state index in [0.29, 0.717) is 6.54 Å². The van der Waals surface area contributed by atoms with Gasteiger partial charge in [0.15, 0.2) is 0 Å². The Morgan fingerprint density at radius 1 is 1.25 bits per heavy atom. The molecule has 1 aromatic rings. The fourth-order valence-electron chi connectivity index (χ4n) is 2.66. The number of piperazine rings is 1. The van der Waals surface area contributed by atoms with Crippen molar-refractivity contribution in [2.45, 2.75) is 6.10 Å². The second-order valence-corrected chi connectivity index (χ2v) is 5.17. The minimum absolute atomic E-state index is 0.294. The molecule has 0 spiro atoms. The van der Waals surface area contributed by atoms with Crippen molar-refractivity contribution in [1.82, 2.24) is 10.2 Å². The number of para-hydroxylation sites is 2. The molecule has 1 aromatic carbocycles. The number of ether oxygens (including phenoxy) is 1. The smallest absolute Gasteiger partial charge is 0.142 e. The summed E-state index contributed by atoms with van der Waals surface area (Å²) in [5.74, 6) is 0.927. The van der Waals surface area contributed by atoms with E-state index in [1.54, 1.807) is 7.11 Å². The molecule has 1 fully saturated rings. The van der Waals surface area contributed by atoms with Gasteiger partial charge in [-0.15, -0.1) is 0 Å². The zero-order chi connectivity index (χ0) is 14.4. The molecule has 0 bridgehead atoms. The quantitative estimate of drug-likeness (QED) is 0.789. The van der Waals surface area contributed by atoms with E-state index in [-0.39, 0.29) is 6.10 Å². The normalized spacial score (nSPS) is 18.1. The molecule has 0 aromatic heterocycles. The Morgan fingerprint density at radius 2 is 1.95 bits per heavy atom. The van der Waals surface area contributed by atoms with Crippen LogP contribution in [0, 0.1) is 0 Å². The lowest BCUT2D eigenvalue weighted by Crippen LogP contribution is -2.49. The molecule has 1 aliphatic rings. The van der Waals surface area contributed by atoms with Gasteiger partial charge in [-0.3, -0.25) is 4.90 Å². The molecule has 1 heterocycles. The number of nitrogens with zero attached hydrogens (tertiary/aromatic N) is 2. The number of methoxy groups -OCH3 is 1. The van der Waals surface area contributed by atoms with E-state index in [4.69, 9.17) is 4.74 Å². The maximum atomic E-state index is 9.83. The predicted octanol–water partition coefficient (Wildman–Crippen LogP) is 0.398. The zero-order valence-corrected chi connectivity index (χ0v) is 12.4. The third kappa shape index (κ3) is 3.85. The molecule has 2 N–H and O–H groups in total. The highest BCUT2D eigenvalue weighted by Gasteiger charge is 2.20. The van der Waals surface area contributed by atoms with Crippen LogP contribution in [0.15, 0.2) is 24.3 Å². The fraction of sp³-hybridized carbons (Fsp3) is 0.600. The third-order valence-electron chi connectivity index (χ3n) is 3.71. The fourth-order valence-corrected chi connectivity index (χ4v) is 2.66. The Morgan fingerprint density at radius 3 is 2.60 bits per heavy atom. The minimum atomic E-state index is -0.294. The molecule has 20 heavy (non-hydrogen) atoms. The molecule has 1 saturated heterocycles. The van der Waals surface area contributed by atoms with Gasteiger partial charge in [0.25, 0.3) is 0 Å². The van der Waals surface area contributed by atoms with Gasteiger partial charge in [-0.25, -0.2) is 0 Å². The third-order valence-corrected chi connectivity index (χ3v) is 3.71. The molecule has 0 aliphatic carbocycles. The largest absolute Gasteiger partial charge is 0.495 e. The first-order chi connectivity index (χ1) is 9.74. The van der Waals surface area contributed by atoms with Gasteiger partial charge in [0, 0.05) is 39.3 Å². The van der Waals surface area contributed by atoms with E-state index in [2.05, 4.69) is 21.2 Å². The Kier molecular flexibility index (Phi) is 5.64. The standard InChI is InChI=1S/C15H25N3O2/c1-16-11-13(19)12-17-7-9-18(10-8-17)14-5-3-4-6-15(14)20-2/h3-6,13,16,19H,7-12H2,1-2H3/t13-/m0/s1. The van der Waals surface area contributed by atoms with Crippen molar-refractivity contribution < 1.29 is 9.84 Å². The SMILES string of the molecule is CNC[C@H](O)CN1CCN(c2ccccc2OC)CC1. The summed E-state index contributed by atoms with van der Waals surface area (Å²) in [6, 6.07) is 8.14. The molecule has 1 aliphatic heterocycles. The van der Waals surface area contributed by atoms with Crippen LogP contribution in [0.1, 0.15) is 0 Å². The Hall–Kier alpha value is -1.30. The van der Waals surface area contributed by atoms with Crippen molar-refractivity contribution in [2.24, 2.45) is 0 Å². The lowest BCUT2D eigenvalue weighted by molar-refractivity contribution is 0.109. The second-order valence-electron chi connectivity index (χ2n) is 5.17. The van der Waals surface area contributed by atoms with E-state index in [1.807, 2.05) is 25.2 Å². The van der Waals surface area contributed by atoms with E-state index in [0.717, 1.165) is 44.2 Å². The molecular formula is C15H25N3O2. The zero-order valence-electron chi connectivity index (χ0n) is 12.4. The number of anilines is 1. The number of rotatable bonds is 6. The minimum Gasteiger partial charge on any atom is -0.495 e. The van der Waals surface area contributed by atoms with Gasteiger partial charge in [-0.1, -0.05) is 12.1 Å². The first kappa shape index (κ1) is 15.1. The molecule has 0 saturated carbocycles. The highest BCUT2D eigenvalue weighted by molar-refractivity contribution is 5.58. The van der Waals surface area contributed by atoms with Crippen molar-refractivity contribution in [2.75, 3.05) is 58.3 Å². The predicted molar refractivity (Wildman–Crippen MR) is 81.6 cm³/mol. The van der Waals surface area contributed by atoms with Crippen molar-refractivity contribution in [3.63, 3.8) is 0 Å². The summed E-state index contributed by atoms with van der Waals surface area (Å²) in [7, 11) is 3.58. The summed E-state index contributed by atoms with van der Waals surface area (Å²) in [5.41, 5.74) is 1.16. The summed E-state index contributed by atoms with van der Waals surface area (Å²) >= 11 is 0. The highest BCUT2D eigenvalue weighted by atomic mass is 16.5. The van der Waals surface area contributed by atoms with Crippen LogP contribution in [-0.2, 0) is 0 Å². The van der Waals surface area contributed by atoms with E-state index < -0.39 is 0 Å². The molecule has 0 radical (unpaired) electrons. The molecule has 5 heteroatoms. The van der Waals surface area contributed by atoms with Gasteiger partial charge in [0.2, 0.25) is 0 Å². The topological polar surface area (TPSA) is 48.0 Å². The van der Waals surface area contributed by atoms with Crippen molar-refractivity contribution in [3.8, 4) is 5.75 Å². The molecule has 0 unspecified atom stereocenters. The first-order valence-corrected chi connectivity index (χ1v) is 7.17. The van der Waals surface area contributed by atoms with Crippen molar-refractivity contribution in [3.05, 3.63) is 24.3 Å². The van der Waals surface area contributed by atoms with Gasteiger partial charge in [-0.05, 0) is 19.2 Å². The first-order valence-electron chi connectivity index (χ1n) is 7.17. The van der Waals surface area contributed by atoms with Crippen molar-refractivity contribution >= 4 is 5.69 Å². The number of likely N-dealkylation sites (N-methyl/N-ethyl adjacent to an activating group) is 1. The van der Waals surface area contributed by atoms with Crippen molar-refractivity contribution in [1.29, 1.82) is 0 Å². The highest BCUT2D eigenvalue weighted by Crippen LogP contribution is 2.28. The number of hydrogen-bond acceptors (Lipinski definition) is 5. The van der Waals surface area contributed by atoms with Crippen LogP contribution in [0.25, 0.3) is 0 Å². The monoisotopic (exact) mass is 279 g/mol. The summed E-state index contributed by atoms with van der Waals surface area (Å²) in [6.45, 7) is 5.25. The van der Waals surface area contributed by atoms with E-state index >= 15 is 0 Å². The molecule has 2 rings (SSSR count). The van der Waals surface area contributed by atoms with Gasteiger partial charge in [0.05, 0.1) is 18.9 Å². The average Bonchev–Trinajstić information content (AvgIpc) is 2.48.